The molecule has 0 N–H and O–H groups in total. The molecule has 0 saturated carbocycles. The first-order valence-corrected chi connectivity index (χ1v) is 5.59. The minimum absolute atomic E-state index is 0.229. The van der Waals surface area contributed by atoms with Crippen LogP contribution in [0.4, 0.5) is 8.78 Å². The van der Waals surface area contributed by atoms with Crippen LogP contribution in [0.2, 0.25) is 0 Å². The van der Waals surface area contributed by atoms with Crippen molar-refractivity contribution in [3.63, 3.8) is 0 Å². The highest BCUT2D eigenvalue weighted by Crippen LogP contribution is 2.17. The van der Waals surface area contributed by atoms with Gasteiger partial charge in [0.25, 0.3) is 0 Å². The molecular formula is C13H20F2. The summed E-state index contributed by atoms with van der Waals surface area (Å²) in [7, 11) is 0. The lowest BCUT2D eigenvalue weighted by Gasteiger charge is -2.04. The van der Waals surface area contributed by atoms with Crippen molar-refractivity contribution in [3.8, 4) is 0 Å². The molecule has 86 valence electrons. The van der Waals surface area contributed by atoms with Gasteiger partial charge in [0, 0.05) is 5.56 Å². The van der Waals surface area contributed by atoms with Gasteiger partial charge < -0.3 is 0 Å². The highest BCUT2D eigenvalue weighted by molar-refractivity contribution is 5.25. The Balaban J connectivity index is 0.000000921. The first-order chi connectivity index (χ1) is 7.15. The van der Waals surface area contributed by atoms with Crippen LogP contribution in [-0.4, -0.2) is 0 Å². The number of benzene rings is 1. The second-order valence-corrected chi connectivity index (χ2v) is 3.31. The summed E-state index contributed by atoms with van der Waals surface area (Å²) in [5.74, 6) is -0.822. The van der Waals surface area contributed by atoms with Gasteiger partial charge in [-0.3, -0.25) is 0 Å². The van der Waals surface area contributed by atoms with Crippen LogP contribution in [0.15, 0.2) is 12.1 Å². The van der Waals surface area contributed by atoms with E-state index in [1.54, 1.807) is 6.92 Å². The van der Waals surface area contributed by atoms with Crippen molar-refractivity contribution >= 4 is 0 Å². The van der Waals surface area contributed by atoms with E-state index < -0.39 is 11.6 Å². The Morgan fingerprint density at radius 3 is 1.93 bits per heavy atom. The molecule has 15 heavy (non-hydrogen) atoms. The van der Waals surface area contributed by atoms with Crippen molar-refractivity contribution < 1.29 is 8.78 Å². The zero-order valence-electron chi connectivity index (χ0n) is 10.0. The summed E-state index contributed by atoms with van der Waals surface area (Å²) >= 11 is 0. The number of rotatable bonds is 3. The van der Waals surface area contributed by atoms with E-state index >= 15 is 0 Å². The van der Waals surface area contributed by atoms with E-state index in [1.165, 1.54) is 12.1 Å². The van der Waals surface area contributed by atoms with Gasteiger partial charge in [0.2, 0.25) is 0 Å². The number of hydrogen-bond acceptors (Lipinski definition) is 0. The molecular weight excluding hydrogens is 194 g/mol. The molecule has 0 atom stereocenters. The van der Waals surface area contributed by atoms with Gasteiger partial charge in [-0.15, -0.1) is 0 Å². The highest BCUT2D eigenvalue weighted by Gasteiger charge is 2.08. The molecule has 1 rings (SSSR count). The Morgan fingerprint density at radius 2 is 1.53 bits per heavy atom. The van der Waals surface area contributed by atoms with Crippen LogP contribution in [0.3, 0.4) is 0 Å². The summed E-state index contributed by atoms with van der Waals surface area (Å²) in [6, 6.07) is 2.77. The van der Waals surface area contributed by atoms with Gasteiger partial charge in [-0.2, -0.15) is 0 Å². The van der Waals surface area contributed by atoms with E-state index in [1.807, 2.05) is 20.8 Å². The third kappa shape index (κ3) is 4.41. The topological polar surface area (TPSA) is 0 Å². The number of hydrogen-bond donors (Lipinski definition) is 0. The molecule has 0 radical (unpaired) electrons. The van der Waals surface area contributed by atoms with Crippen LogP contribution < -0.4 is 0 Å². The second kappa shape index (κ2) is 7.38. The minimum atomic E-state index is -0.411. The van der Waals surface area contributed by atoms with Gasteiger partial charge in [0.15, 0.2) is 0 Å². The average molecular weight is 214 g/mol. The van der Waals surface area contributed by atoms with Crippen LogP contribution in [0.5, 0.6) is 0 Å². The molecule has 0 spiro atoms. The smallest absolute Gasteiger partial charge is 0.129 e. The van der Waals surface area contributed by atoms with Gasteiger partial charge in [0.05, 0.1) is 0 Å². The molecule has 1 aromatic carbocycles. The molecule has 2 heteroatoms. The fraction of sp³-hybridized carbons (Fsp3) is 0.538. The largest absolute Gasteiger partial charge is 0.207 e. The molecule has 0 saturated heterocycles. The maximum absolute atomic E-state index is 13.2. The quantitative estimate of drug-likeness (QED) is 0.687. The Hall–Kier alpha value is -0.920. The Kier molecular flexibility index (Phi) is 6.93. The molecule has 0 aliphatic heterocycles. The highest BCUT2D eigenvalue weighted by atomic mass is 19.1. The zero-order chi connectivity index (χ0) is 11.8. The predicted molar refractivity (Wildman–Crippen MR) is 61.1 cm³/mol. The first kappa shape index (κ1) is 14.1. The molecule has 0 nitrogen and oxygen atoms in total. The first-order valence-electron chi connectivity index (χ1n) is 5.59. The van der Waals surface area contributed by atoms with Gasteiger partial charge in [-0.05, 0) is 37.5 Å². The van der Waals surface area contributed by atoms with Gasteiger partial charge in [-0.25, -0.2) is 8.78 Å². The Labute approximate surface area is 91.3 Å². The molecule has 0 aliphatic rings. The second-order valence-electron chi connectivity index (χ2n) is 3.31. The fourth-order valence-electron chi connectivity index (χ4n) is 1.32. The Bertz CT molecular complexity index is 270. The molecule has 0 aromatic heterocycles. The molecule has 0 amide bonds. The molecule has 0 bridgehead atoms. The zero-order valence-corrected chi connectivity index (χ0v) is 10.0. The lowest BCUT2D eigenvalue weighted by atomic mass is 10.1. The molecule has 0 heterocycles. The van der Waals surface area contributed by atoms with E-state index in [-0.39, 0.29) is 5.56 Å². The molecule has 0 fully saturated rings. The van der Waals surface area contributed by atoms with Crippen molar-refractivity contribution in [2.24, 2.45) is 0 Å². The summed E-state index contributed by atoms with van der Waals surface area (Å²) in [6.07, 6.45) is 2.28. The number of aryl methyl sites for hydroxylation is 1. The standard InChI is InChI=1S/C11H14F2.C2H6/c1-3-4-5-9-10(12)6-8(2)7-11(9)13;1-2/h6-7H,3-5H2,1-2H3;1-2H3. The van der Waals surface area contributed by atoms with Crippen molar-refractivity contribution in [1.82, 2.24) is 0 Å². The lowest BCUT2D eigenvalue weighted by Crippen LogP contribution is -1.96. The third-order valence-corrected chi connectivity index (χ3v) is 2.07. The summed E-state index contributed by atoms with van der Waals surface area (Å²) in [4.78, 5) is 0. The van der Waals surface area contributed by atoms with Crippen LogP contribution in [0, 0.1) is 18.6 Å². The molecule has 1 aromatic rings. The van der Waals surface area contributed by atoms with E-state index in [9.17, 15) is 8.78 Å². The van der Waals surface area contributed by atoms with Crippen LogP contribution >= 0.6 is 0 Å². The summed E-state index contributed by atoms with van der Waals surface area (Å²) < 4.78 is 26.4. The van der Waals surface area contributed by atoms with Crippen molar-refractivity contribution in [1.29, 1.82) is 0 Å². The Morgan fingerprint density at radius 1 is 1.07 bits per heavy atom. The van der Waals surface area contributed by atoms with E-state index in [0.29, 0.717) is 12.0 Å². The van der Waals surface area contributed by atoms with Crippen LogP contribution in [0.25, 0.3) is 0 Å². The molecule has 0 aliphatic carbocycles. The maximum Gasteiger partial charge on any atom is 0.129 e. The summed E-state index contributed by atoms with van der Waals surface area (Å²) in [5.41, 5.74) is 0.864. The van der Waals surface area contributed by atoms with Crippen LogP contribution in [-0.2, 0) is 6.42 Å². The maximum atomic E-state index is 13.2. The van der Waals surface area contributed by atoms with Gasteiger partial charge in [-0.1, -0.05) is 27.2 Å². The monoisotopic (exact) mass is 214 g/mol. The molecule has 0 unspecified atom stereocenters. The van der Waals surface area contributed by atoms with Crippen molar-refractivity contribution in [2.45, 2.75) is 47.0 Å². The fourth-order valence-corrected chi connectivity index (χ4v) is 1.32. The van der Waals surface area contributed by atoms with Crippen molar-refractivity contribution in [3.05, 3.63) is 34.9 Å². The van der Waals surface area contributed by atoms with E-state index in [2.05, 4.69) is 0 Å². The normalized spacial score (nSPS) is 9.47. The minimum Gasteiger partial charge on any atom is -0.207 e. The van der Waals surface area contributed by atoms with E-state index in [0.717, 1.165) is 12.8 Å². The van der Waals surface area contributed by atoms with E-state index in [4.69, 9.17) is 0 Å². The number of halogens is 2. The number of unbranched alkanes of at least 4 members (excludes halogenated alkanes) is 1. The van der Waals surface area contributed by atoms with Crippen LogP contribution in [0.1, 0.15) is 44.7 Å². The van der Waals surface area contributed by atoms with Crippen molar-refractivity contribution in [2.75, 3.05) is 0 Å². The third-order valence-electron chi connectivity index (χ3n) is 2.07. The predicted octanol–water partition coefficient (Wildman–Crippen LogP) is 4.64. The SMILES string of the molecule is CC.CCCCc1c(F)cc(C)cc1F. The van der Waals surface area contributed by atoms with Gasteiger partial charge >= 0.3 is 0 Å². The lowest BCUT2D eigenvalue weighted by molar-refractivity contribution is 0.547. The summed E-state index contributed by atoms with van der Waals surface area (Å²) in [6.45, 7) is 7.69. The average Bonchev–Trinajstić information content (AvgIpc) is 2.19. The van der Waals surface area contributed by atoms with Gasteiger partial charge in [0.1, 0.15) is 11.6 Å². The summed E-state index contributed by atoms with van der Waals surface area (Å²) in [5, 5.41) is 0.